The summed E-state index contributed by atoms with van der Waals surface area (Å²) in [6.07, 6.45) is 2.20. The van der Waals surface area contributed by atoms with Crippen LogP contribution >= 0.6 is 0 Å². The van der Waals surface area contributed by atoms with Gasteiger partial charge in [0.25, 0.3) is 0 Å². The number of nitrogens with two attached hydrogens (primary N) is 1. The van der Waals surface area contributed by atoms with Crippen LogP contribution in [0.1, 0.15) is 35.6 Å². The number of para-hydroxylation sites is 1. The maximum absolute atomic E-state index is 14.6. The maximum atomic E-state index is 14.6. The summed E-state index contributed by atoms with van der Waals surface area (Å²) in [7, 11) is 3.91. The third-order valence-corrected chi connectivity index (χ3v) is 8.05. The molecule has 0 spiro atoms. The number of fused-ring (bicyclic) bond motifs is 1. The van der Waals surface area contributed by atoms with Crippen molar-refractivity contribution in [2.75, 3.05) is 25.6 Å². The number of aliphatic hydroxyl groups excluding tert-OH is 1. The van der Waals surface area contributed by atoms with Crippen molar-refractivity contribution < 1.29 is 19.0 Å². The van der Waals surface area contributed by atoms with Crippen LogP contribution in [0.5, 0.6) is 5.75 Å². The van der Waals surface area contributed by atoms with E-state index in [1.54, 1.807) is 18.2 Å². The van der Waals surface area contributed by atoms with Gasteiger partial charge in [-0.15, -0.1) is 0 Å². The van der Waals surface area contributed by atoms with Crippen LogP contribution in [0.4, 0.5) is 10.2 Å². The third-order valence-electron chi connectivity index (χ3n) is 8.05. The Morgan fingerprint density at radius 1 is 1.02 bits per heavy atom. The van der Waals surface area contributed by atoms with Gasteiger partial charge in [0, 0.05) is 49.8 Å². The standard InChI is InChI=1S/C35H39FN4O3/c1-40(2)34-16-15-26(22-38-34)24-13-11-23(12-14-24)19-30(37)32(41)21-27(20-25-7-3-5-9-29(25)36)35(42)39-31-17-18-43-33-10-6-4-8-28(31)33/h3-16,22,27,30-32,41H,17-21,37H2,1-2H3,(H,39,42). The zero-order chi connectivity index (χ0) is 30.3. The highest BCUT2D eigenvalue weighted by atomic mass is 19.1. The minimum atomic E-state index is -0.966. The number of hydrogen-bond acceptors (Lipinski definition) is 6. The molecule has 0 aliphatic carbocycles. The zero-order valence-corrected chi connectivity index (χ0v) is 24.6. The Bertz CT molecular complexity index is 1510. The lowest BCUT2D eigenvalue weighted by Gasteiger charge is -2.29. The fraction of sp³-hybridized carbons (Fsp3) is 0.314. The number of benzene rings is 3. The van der Waals surface area contributed by atoms with Crippen LogP contribution in [-0.2, 0) is 17.6 Å². The highest BCUT2D eigenvalue weighted by Crippen LogP contribution is 2.32. The number of hydrogen-bond donors (Lipinski definition) is 3. The van der Waals surface area contributed by atoms with Crippen molar-refractivity contribution in [1.82, 2.24) is 10.3 Å². The molecular weight excluding hydrogens is 543 g/mol. The molecular formula is C35H39FN4O3. The number of aromatic nitrogens is 1. The molecule has 4 unspecified atom stereocenters. The van der Waals surface area contributed by atoms with E-state index >= 15 is 0 Å². The number of nitrogens with one attached hydrogen (secondary N) is 1. The maximum Gasteiger partial charge on any atom is 0.224 e. The van der Waals surface area contributed by atoms with Crippen molar-refractivity contribution in [2.24, 2.45) is 11.7 Å². The molecule has 4 aromatic rings. The Labute approximate surface area is 252 Å². The molecule has 0 bridgehead atoms. The van der Waals surface area contributed by atoms with Crippen molar-refractivity contribution in [3.63, 3.8) is 0 Å². The summed E-state index contributed by atoms with van der Waals surface area (Å²) in [5.41, 5.74) is 10.8. The van der Waals surface area contributed by atoms with Gasteiger partial charge in [-0.05, 0) is 60.2 Å². The van der Waals surface area contributed by atoms with E-state index in [-0.39, 0.29) is 30.6 Å². The van der Waals surface area contributed by atoms with Gasteiger partial charge < -0.3 is 25.8 Å². The summed E-state index contributed by atoms with van der Waals surface area (Å²) >= 11 is 0. The van der Waals surface area contributed by atoms with Gasteiger partial charge in [0.2, 0.25) is 5.91 Å². The smallest absolute Gasteiger partial charge is 0.224 e. The Morgan fingerprint density at radius 2 is 1.74 bits per heavy atom. The lowest BCUT2D eigenvalue weighted by atomic mass is 9.88. The SMILES string of the molecule is CN(C)c1ccc(-c2ccc(CC(N)C(O)CC(Cc3ccccc3F)C(=O)NC3CCOc4ccccc43)cc2)cn1. The van der Waals surface area contributed by atoms with Gasteiger partial charge in [-0.3, -0.25) is 4.79 Å². The molecule has 4 N–H and O–H groups in total. The summed E-state index contributed by atoms with van der Waals surface area (Å²) in [5, 5.41) is 14.3. The van der Waals surface area contributed by atoms with Crippen LogP contribution in [0, 0.1) is 11.7 Å². The van der Waals surface area contributed by atoms with E-state index in [2.05, 4.69) is 10.3 Å². The first-order valence-electron chi connectivity index (χ1n) is 14.7. The highest BCUT2D eigenvalue weighted by molar-refractivity contribution is 5.79. The molecule has 43 heavy (non-hydrogen) atoms. The van der Waals surface area contributed by atoms with Crippen LogP contribution in [0.15, 0.2) is 91.1 Å². The molecule has 2 heterocycles. The molecule has 3 aromatic carbocycles. The first-order valence-corrected chi connectivity index (χ1v) is 14.7. The molecule has 8 heteroatoms. The molecule has 5 rings (SSSR count). The van der Waals surface area contributed by atoms with E-state index < -0.39 is 18.1 Å². The zero-order valence-electron chi connectivity index (χ0n) is 24.6. The average molecular weight is 583 g/mol. The Morgan fingerprint density at radius 3 is 2.47 bits per heavy atom. The van der Waals surface area contributed by atoms with Crippen LogP contribution < -0.4 is 20.7 Å². The topological polar surface area (TPSA) is 101 Å². The largest absolute Gasteiger partial charge is 0.493 e. The Hall–Kier alpha value is -4.27. The van der Waals surface area contributed by atoms with E-state index in [0.29, 0.717) is 25.0 Å². The van der Waals surface area contributed by atoms with E-state index in [9.17, 15) is 14.3 Å². The summed E-state index contributed by atoms with van der Waals surface area (Å²) in [6.45, 7) is 0.490. The lowest BCUT2D eigenvalue weighted by Crippen LogP contribution is -2.43. The number of ether oxygens (including phenoxy) is 1. The fourth-order valence-corrected chi connectivity index (χ4v) is 5.52. The average Bonchev–Trinajstić information content (AvgIpc) is 3.02. The van der Waals surface area contributed by atoms with Crippen molar-refractivity contribution in [2.45, 2.75) is 43.9 Å². The highest BCUT2D eigenvalue weighted by Gasteiger charge is 2.30. The molecule has 0 radical (unpaired) electrons. The second-order valence-electron chi connectivity index (χ2n) is 11.4. The molecule has 0 saturated heterocycles. The Balaban J connectivity index is 1.26. The molecule has 1 aliphatic heterocycles. The first-order chi connectivity index (χ1) is 20.8. The summed E-state index contributed by atoms with van der Waals surface area (Å²) < 4.78 is 20.4. The predicted octanol–water partition coefficient (Wildman–Crippen LogP) is 5.07. The van der Waals surface area contributed by atoms with Gasteiger partial charge in [0.15, 0.2) is 0 Å². The van der Waals surface area contributed by atoms with Crippen molar-refractivity contribution in [3.05, 3.63) is 114 Å². The van der Waals surface area contributed by atoms with Gasteiger partial charge in [0.05, 0.1) is 18.8 Å². The predicted molar refractivity (Wildman–Crippen MR) is 167 cm³/mol. The number of carbonyl (C=O) groups is 1. The van der Waals surface area contributed by atoms with E-state index in [1.807, 2.05) is 85.9 Å². The number of anilines is 1. The summed E-state index contributed by atoms with van der Waals surface area (Å²) in [5.74, 6) is 0.351. The fourth-order valence-electron chi connectivity index (χ4n) is 5.52. The molecule has 0 saturated carbocycles. The third kappa shape index (κ3) is 7.58. The second-order valence-corrected chi connectivity index (χ2v) is 11.4. The minimum absolute atomic E-state index is 0.105. The molecule has 7 nitrogen and oxygen atoms in total. The van der Waals surface area contributed by atoms with Crippen LogP contribution in [0.3, 0.4) is 0 Å². The molecule has 224 valence electrons. The number of carbonyl (C=O) groups excluding carboxylic acids is 1. The van der Waals surface area contributed by atoms with Gasteiger partial charge in [-0.2, -0.15) is 0 Å². The Kier molecular flexibility index (Phi) is 9.69. The van der Waals surface area contributed by atoms with Crippen molar-refractivity contribution in [3.8, 4) is 16.9 Å². The van der Waals surface area contributed by atoms with Crippen molar-refractivity contribution in [1.29, 1.82) is 0 Å². The minimum Gasteiger partial charge on any atom is -0.493 e. The molecule has 4 atom stereocenters. The number of pyridine rings is 1. The summed E-state index contributed by atoms with van der Waals surface area (Å²) in [4.78, 5) is 20.1. The lowest BCUT2D eigenvalue weighted by molar-refractivity contribution is -0.127. The quantitative estimate of drug-likeness (QED) is 0.228. The first kappa shape index (κ1) is 30.2. The van der Waals surface area contributed by atoms with Crippen LogP contribution in [0.25, 0.3) is 11.1 Å². The van der Waals surface area contributed by atoms with Gasteiger partial charge in [-0.1, -0.05) is 60.7 Å². The van der Waals surface area contributed by atoms with E-state index in [4.69, 9.17) is 10.5 Å². The van der Waals surface area contributed by atoms with Crippen molar-refractivity contribution >= 4 is 11.7 Å². The monoisotopic (exact) mass is 582 g/mol. The normalized spacial score (nSPS) is 16.3. The van der Waals surface area contributed by atoms with Gasteiger partial charge >= 0.3 is 0 Å². The molecule has 1 aliphatic rings. The number of nitrogens with zero attached hydrogens (tertiary/aromatic N) is 2. The van der Waals surface area contributed by atoms with E-state index in [1.165, 1.54) is 6.07 Å². The molecule has 1 amide bonds. The van der Waals surface area contributed by atoms with Crippen LogP contribution in [-0.4, -0.2) is 48.8 Å². The summed E-state index contributed by atoms with van der Waals surface area (Å²) in [6, 6.07) is 25.3. The number of aliphatic hydroxyl groups is 1. The van der Waals surface area contributed by atoms with Gasteiger partial charge in [-0.25, -0.2) is 9.37 Å². The molecule has 0 fully saturated rings. The van der Waals surface area contributed by atoms with E-state index in [0.717, 1.165) is 33.8 Å². The molecule has 1 aromatic heterocycles. The number of amides is 1. The second kappa shape index (κ2) is 13.8. The van der Waals surface area contributed by atoms with Gasteiger partial charge in [0.1, 0.15) is 17.4 Å². The van der Waals surface area contributed by atoms with Crippen LogP contribution in [0.2, 0.25) is 0 Å². The number of halogens is 1. The number of rotatable bonds is 11.